The molecular formula is C26H24F2N4O2. The molecule has 0 bridgehead atoms. The Morgan fingerprint density at radius 2 is 1.82 bits per heavy atom. The third kappa shape index (κ3) is 4.52. The number of carbonyl (C=O) groups excluding carboxylic acids is 2. The van der Waals surface area contributed by atoms with E-state index in [9.17, 15) is 9.59 Å². The quantitative estimate of drug-likeness (QED) is 0.429. The zero-order valence-electron chi connectivity index (χ0n) is 18.6. The smallest absolute Gasteiger partial charge is 0.248 e. The highest BCUT2D eigenvalue weighted by atomic mass is 19.1. The predicted molar refractivity (Wildman–Crippen MR) is 129 cm³/mol. The molecule has 0 radical (unpaired) electrons. The minimum absolute atomic E-state index is 0.00702. The van der Waals surface area contributed by atoms with Gasteiger partial charge in [0.25, 0.3) is 0 Å². The van der Waals surface area contributed by atoms with Gasteiger partial charge in [0.1, 0.15) is 5.82 Å². The maximum atomic E-state index is 15.7. The van der Waals surface area contributed by atoms with E-state index in [1.54, 1.807) is 29.2 Å². The summed E-state index contributed by atoms with van der Waals surface area (Å²) in [6, 6.07) is 13.5. The molecular weight excluding hydrogens is 438 g/mol. The van der Waals surface area contributed by atoms with Crippen molar-refractivity contribution in [2.24, 2.45) is 5.73 Å². The molecule has 0 aliphatic carbocycles. The van der Waals surface area contributed by atoms with E-state index in [1.807, 2.05) is 0 Å². The molecule has 0 aromatic heterocycles. The summed E-state index contributed by atoms with van der Waals surface area (Å²) in [5.74, 6) is -2.08. The molecule has 174 valence electrons. The fourth-order valence-electron chi connectivity index (χ4n) is 4.08. The van der Waals surface area contributed by atoms with Gasteiger partial charge in [0.15, 0.2) is 5.82 Å². The molecule has 1 fully saturated rings. The molecule has 0 spiro atoms. The Hall–Kier alpha value is -4.07. The predicted octanol–water partition coefficient (Wildman–Crippen LogP) is 5.38. The van der Waals surface area contributed by atoms with Crippen LogP contribution in [-0.4, -0.2) is 24.1 Å². The van der Waals surface area contributed by atoms with Gasteiger partial charge >= 0.3 is 0 Å². The lowest BCUT2D eigenvalue weighted by Gasteiger charge is -2.27. The maximum absolute atomic E-state index is 15.7. The van der Waals surface area contributed by atoms with Crippen LogP contribution < -0.4 is 16.0 Å². The largest absolute Gasteiger partial charge is 0.366 e. The molecule has 1 aliphatic heterocycles. The van der Waals surface area contributed by atoms with Crippen LogP contribution in [0.5, 0.6) is 0 Å². The number of benzene rings is 3. The van der Waals surface area contributed by atoms with Gasteiger partial charge in [-0.15, -0.1) is 0 Å². The number of hydrogen-bond donors (Lipinski definition) is 3. The van der Waals surface area contributed by atoms with Crippen molar-refractivity contribution in [3.8, 4) is 11.1 Å². The third-order valence-corrected chi connectivity index (χ3v) is 5.84. The van der Waals surface area contributed by atoms with E-state index in [0.717, 1.165) is 12.8 Å². The number of halogens is 2. The summed E-state index contributed by atoms with van der Waals surface area (Å²) in [5.41, 5.74) is 6.85. The van der Waals surface area contributed by atoms with Crippen molar-refractivity contribution in [3.05, 3.63) is 77.4 Å². The minimum Gasteiger partial charge on any atom is -0.366 e. The number of carbonyl (C=O) groups is 2. The summed E-state index contributed by atoms with van der Waals surface area (Å²) in [6.45, 7) is 2.04. The van der Waals surface area contributed by atoms with Crippen LogP contribution in [0.25, 0.3) is 11.1 Å². The Bertz CT molecular complexity index is 1310. The summed E-state index contributed by atoms with van der Waals surface area (Å²) in [4.78, 5) is 25.2. The molecule has 34 heavy (non-hydrogen) atoms. The second-order valence-electron chi connectivity index (χ2n) is 8.21. The lowest BCUT2D eigenvalue weighted by Crippen LogP contribution is -2.35. The van der Waals surface area contributed by atoms with Gasteiger partial charge in [-0.1, -0.05) is 18.2 Å². The van der Waals surface area contributed by atoms with Crippen LogP contribution in [0.15, 0.2) is 54.6 Å². The minimum atomic E-state index is -0.741. The summed E-state index contributed by atoms with van der Waals surface area (Å²) < 4.78 is 30.9. The zero-order chi connectivity index (χ0) is 24.4. The maximum Gasteiger partial charge on any atom is 0.248 e. The first-order chi connectivity index (χ1) is 16.3. The first kappa shape index (κ1) is 23.1. The molecule has 3 aromatic rings. The van der Waals surface area contributed by atoms with Crippen molar-refractivity contribution >= 4 is 34.6 Å². The molecule has 3 aromatic carbocycles. The number of anilines is 3. The van der Waals surface area contributed by atoms with Crippen molar-refractivity contribution in [1.82, 2.24) is 0 Å². The lowest BCUT2D eigenvalue weighted by molar-refractivity contribution is -0.119. The van der Waals surface area contributed by atoms with E-state index in [0.29, 0.717) is 29.9 Å². The van der Waals surface area contributed by atoms with Gasteiger partial charge in [0, 0.05) is 52.3 Å². The zero-order valence-corrected chi connectivity index (χ0v) is 18.6. The van der Waals surface area contributed by atoms with Crippen LogP contribution in [0.4, 0.5) is 25.8 Å². The second kappa shape index (κ2) is 9.43. The molecule has 4 N–H and O–H groups in total. The van der Waals surface area contributed by atoms with Crippen molar-refractivity contribution in [2.75, 3.05) is 16.8 Å². The first-order valence-corrected chi connectivity index (χ1v) is 10.9. The number of nitrogens with one attached hydrogen (secondary N) is 2. The van der Waals surface area contributed by atoms with Crippen LogP contribution in [0.1, 0.15) is 42.1 Å². The fraction of sp³-hybridized carbons (Fsp3) is 0.192. The topological polar surface area (TPSA) is 99.3 Å². The molecule has 0 atom stereocenters. The van der Waals surface area contributed by atoms with Crippen molar-refractivity contribution in [2.45, 2.75) is 26.2 Å². The molecule has 0 unspecified atom stereocenters. The van der Waals surface area contributed by atoms with Crippen molar-refractivity contribution < 1.29 is 18.4 Å². The highest BCUT2D eigenvalue weighted by Gasteiger charge is 2.23. The van der Waals surface area contributed by atoms with E-state index in [2.05, 4.69) is 5.32 Å². The average molecular weight is 463 g/mol. The Balaban J connectivity index is 1.75. The molecule has 8 heteroatoms. The summed E-state index contributed by atoms with van der Waals surface area (Å²) in [5, 5.41) is 11.0. The molecule has 2 amide bonds. The van der Waals surface area contributed by atoms with Crippen molar-refractivity contribution in [1.29, 1.82) is 5.41 Å². The SMILES string of the molecule is CC(=N)c1ccc(-c2ccc(N3CCCCC3=O)cc2F)c(F)c1Nc1cccc(C(N)=O)c1. The Labute approximate surface area is 195 Å². The van der Waals surface area contributed by atoms with Gasteiger partial charge in [0.2, 0.25) is 11.8 Å². The third-order valence-electron chi connectivity index (χ3n) is 5.84. The van der Waals surface area contributed by atoms with Crippen LogP contribution in [-0.2, 0) is 4.79 Å². The van der Waals surface area contributed by atoms with Gasteiger partial charge in [-0.2, -0.15) is 0 Å². The van der Waals surface area contributed by atoms with Crippen LogP contribution >= 0.6 is 0 Å². The molecule has 6 nitrogen and oxygen atoms in total. The van der Waals surface area contributed by atoms with E-state index in [-0.39, 0.29) is 34.0 Å². The van der Waals surface area contributed by atoms with Gasteiger partial charge in [0.05, 0.1) is 5.69 Å². The van der Waals surface area contributed by atoms with E-state index >= 15 is 8.78 Å². The lowest BCUT2D eigenvalue weighted by atomic mass is 9.98. The Kier molecular flexibility index (Phi) is 6.40. The Morgan fingerprint density at radius 3 is 2.50 bits per heavy atom. The summed E-state index contributed by atoms with van der Waals surface area (Å²) in [6.07, 6.45) is 2.09. The number of nitrogens with zero attached hydrogens (tertiary/aromatic N) is 1. The van der Waals surface area contributed by atoms with Crippen molar-refractivity contribution in [3.63, 3.8) is 0 Å². The number of rotatable bonds is 6. The summed E-state index contributed by atoms with van der Waals surface area (Å²) in [7, 11) is 0. The molecule has 0 saturated carbocycles. The molecule has 1 saturated heterocycles. The monoisotopic (exact) mass is 462 g/mol. The summed E-state index contributed by atoms with van der Waals surface area (Å²) >= 11 is 0. The van der Waals surface area contributed by atoms with Crippen LogP contribution in [0, 0.1) is 17.0 Å². The number of hydrogen-bond acceptors (Lipinski definition) is 4. The van der Waals surface area contributed by atoms with Gasteiger partial charge < -0.3 is 21.4 Å². The van der Waals surface area contributed by atoms with Gasteiger partial charge in [-0.05, 0) is 56.2 Å². The highest BCUT2D eigenvalue weighted by molar-refractivity contribution is 6.03. The van der Waals surface area contributed by atoms with Crippen LogP contribution in [0.2, 0.25) is 0 Å². The normalized spacial score (nSPS) is 13.6. The molecule has 1 aliphatic rings. The van der Waals surface area contributed by atoms with E-state index in [4.69, 9.17) is 11.1 Å². The van der Waals surface area contributed by atoms with Gasteiger partial charge in [-0.3, -0.25) is 9.59 Å². The molecule has 4 rings (SSSR count). The second-order valence-corrected chi connectivity index (χ2v) is 8.21. The number of amides is 2. The van der Waals surface area contributed by atoms with Gasteiger partial charge in [-0.25, -0.2) is 8.78 Å². The Morgan fingerprint density at radius 1 is 1.06 bits per heavy atom. The van der Waals surface area contributed by atoms with E-state index < -0.39 is 17.5 Å². The van der Waals surface area contributed by atoms with Crippen LogP contribution in [0.3, 0.4) is 0 Å². The standard InChI is InChI=1S/C26H24F2N4O2/c1-15(29)19-10-11-21(24(28)25(19)31-17-6-4-5-16(13-17)26(30)34)20-9-8-18(14-22(20)27)32-12-3-2-7-23(32)33/h4-6,8-11,13-14,29,31H,2-3,7,12H2,1H3,(H2,30,34). The number of primary amides is 1. The average Bonchev–Trinajstić information content (AvgIpc) is 2.81. The number of piperidine rings is 1. The molecule has 1 heterocycles. The van der Waals surface area contributed by atoms with E-state index in [1.165, 1.54) is 37.3 Å². The highest BCUT2D eigenvalue weighted by Crippen LogP contribution is 2.36. The first-order valence-electron chi connectivity index (χ1n) is 10.9. The fourth-order valence-corrected chi connectivity index (χ4v) is 4.08. The number of nitrogens with two attached hydrogens (primary N) is 1.